The Balaban J connectivity index is 1.79. The van der Waals surface area contributed by atoms with Crippen LogP contribution in [0, 0.1) is 0 Å². The van der Waals surface area contributed by atoms with Crippen LogP contribution in [-0.4, -0.2) is 25.2 Å². The second-order valence-corrected chi connectivity index (χ2v) is 6.95. The summed E-state index contributed by atoms with van der Waals surface area (Å²) >= 11 is 0. The maximum absolute atomic E-state index is 12.3. The zero-order valence-corrected chi connectivity index (χ0v) is 16.5. The van der Waals surface area contributed by atoms with Gasteiger partial charge in [0.2, 0.25) is 0 Å². The molecule has 0 unspecified atom stereocenters. The Morgan fingerprint density at radius 2 is 1.85 bits per heavy atom. The molecule has 4 nitrogen and oxygen atoms in total. The van der Waals surface area contributed by atoms with Gasteiger partial charge in [0.05, 0.1) is 6.10 Å². The van der Waals surface area contributed by atoms with Crippen molar-refractivity contribution in [3.63, 3.8) is 0 Å². The third-order valence-electron chi connectivity index (χ3n) is 3.78. The summed E-state index contributed by atoms with van der Waals surface area (Å²) < 4.78 is 11.3. The molecule has 0 aliphatic carbocycles. The van der Waals surface area contributed by atoms with Crippen molar-refractivity contribution in [1.29, 1.82) is 0 Å². The van der Waals surface area contributed by atoms with Crippen molar-refractivity contribution in [2.75, 3.05) is 13.2 Å². The standard InChI is InChI=1S/C23H29NO3/c1-17(2)16-26-21-11-6-10-20(15-21)23(25)24-13-7-9-19-8-5-12-22(14-19)27-18(3)4/h5-6,8,10-12,14-15,18H,1,7,9,13,16H2,2-4H3,(H,24,25). The summed E-state index contributed by atoms with van der Waals surface area (Å²) in [6, 6.07) is 15.3. The molecule has 0 aliphatic rings. The molecule has 0 aliphatic heterocycles. The van der Waals surface area contributed by atoms with E-state index in [1.807, 2.05) is 45.0 Å². The molecule has 0 aromatic heterocycles. The highest BCUT2D eigenvalue weighted by Gasteiger charge is 2.07. The minimum atomic E-state index is -0.0901. The maximum Gasteiger partial charge on any atom is 0.251 e. The molecule has 0 bridgehead atoms. The first-order valence-electron chi connectivity index (χ1n) is 9.35. The number of hydrogen-bond acceptors (Lipinski definition) is 3. The molecule has 1 amide bonds. The van der Waals surface area contributed by atoms with Gasteiger partial charge in [-0.1, -0.05) is 24.8 Å². The van der Waals surface area contributed by atoms with E-state index >= 15 is 0 Å². The fourth-order valence-electron chi connectivity index (χ4n) is 2.58. The summed E-state index contributed by atoms with van der Waals surface area (Å²) in [5.41, 5.74) is 2.74. The van der Waals surface area contributed by atoms with Crippen LogP contribution in [0.3, 0.4) is 0 Å². The van der Waals surface area contributed by atoms with Gasteiger partial charge in [-0.05, 0) is 75.1 Å². The number of carbonyl (C=O) groups excluding carboxylic acids is 1. The molecule has 0 spiro atoms. The van der Waals surface area contributed by atoms with E-state index in [2.05, 4.69) is 24.0 Å². The third kappa shape index (κ3) is 7.57. The van der Waals surface area contributed by atoms with Crippen LogP contribution in [0.5, 0.6) is 11.5 Å². The lowest BCUT2D eigenvalue weighted by Gasteiger charge is -2.11. The van der Waals surface area contributed by atoms with Gasteiger partial charge < -0.3 is 14.8 Å². The molecule has 0 radical (unpaired) electrons. The molecule has 1 N–H and O–H groups in total. The first kappa shape index (κ1) is 20.6. The van der Waals surface area contributed by atoms with E-state index in [1.54, 1.807) is 12.1 Å². The lowest BCUT2D eigenvalue weighted by Crippen LogP contribution is -2.24. The van der Waals surface area contributed by atoms with Gasteiger partial charge in [-0.15, -0.1) is 0 Å². The average Bonchev–Trinajstić information content (AvgIpc) is 2.63. The number of ether oxygens (including phenoxy) is 2. The van der Waals surface area contributed by atoms with Crippen LogP contribution < -0.4 is 14.8 Å². The van der Waals surface area contributed by atoms with Gasteiger partial charge in [-0.3, -0.25) is 4.79 Å². The highest BCUT2D eigenvalue weighted by Crippen LogP contribution is 2.16. The number of nitrogens with one attached hydrogen (secondary N) is 1. The Labute approximate surface area is 162 Å². The molecule has 27 heavy (non-hydrogen) atoms. The second-order valence-electron chi connectivity index (χ2n) is 6.95. The van der Waals surface area contributed by atoms with Gasteiger partial charge in [-0.25, -0.2) is 0 Å². The van der Waals surface area contributed by atoms with Gasteiger partial charge in [0.15, 0.2) is 0 Å². The first-order valence-corrected chi connectivity index (χ1v) is 9.35. The SMILES string of the molecule is C=C(C)COc1cccc(C(=O)NCCCc2cccc(OC(C)C)c2)c1. The largest absolute Gasteiger partial charge is 0.491 e. The summed E-state index contributed by atoms with van der Waals surface area (Å²) in [5, 5.41) is 2.96. The van der Waals surface area contributed by atoms with Crippen LogP contribution >= 0.6 is 0 Å². The predicted octanol–water partition coefficient (Wildman–Crippen LogP) is 4.79. The van der Waals surface area contributed by atoms with Gasteiger partial charge in [0.25, 0.3) is 5.91 Å². The van der Waals surface area contributed by atoms with Crippen molar-refractivity contribution in [2.45, 2.75) is 39.7 Å². The number of rotatable bonds is 10. The van der Waals surface area contributed by atoms with Crippen LogP contribution in [0.15, 0.2) is 60.7 Å². The van der Waals surface area contributed by atoms with Crippen molar-refractivity contribution in [3.8, 4) is 11.5 Å². The normalized spacial score (nSPS) is 10.5. The molecule has 0 saturated heterocycles. The van der Waals surface area contributed by atoms with E-state index in [-0.39, 0.29) is 12.0 Å². The lowest BCUT2D eigenvalue weighted by atomic mass is 10.1. The van der Waals surface area contributed by atoms with Crippen molar-refractivity contribution < 1.29 is 14.3 Å². The summed E-state index contributed by atoms with van der Waals surface area (Å²) in [5.74, 6) is 1.47. The summed E-state index contributed by atoms with van der Waals surface area (Å²) in [6.45, 7) is 10.8. The van der Waals surface area contributed by atoms with E-state index < -0.39 is 0 Å². The monoisotopic (exact) mass is 367 g/mol. The van der Waals surface area contributed by atoms with Gasteiger partial charge in [-0.2, -0.15) is 0 Å². The number of amides is 1. The highest BCUT2D eigenvalue weighted by molar-refractivity contribution is 5.94. The molecule has 144 valence electrons. The molecular weight excluding hydrogens is 338 g/mol. The van der Waals surface area contributed by atoms with Crippen LogP contribution in [0.2, 0.25) is 0 Å². The van der Waals surface area contributed by atoms with Crippen LogP contribution in [0.1, 0.15) is 43.1 Å². The van der Waals surface area contributed by atoms with Gasteiger partial charge in [0.1, 0.15) is 18.1 Å². The summed E-state index contributed by atoms with van der Waals surface area (Å²) in [7, 11) is 0. The topological polar surface area (TPSA) is 47.6 Å². The summed E-state index contributed by atoms with van der Waals surface area (Å²) in [4.78, 5) is 12.3. The molecular formula is C23H29NO3. The molecule has 2 aromatic rings. The van der Waals surface area contributed by atoms with Crippen molar-refractivity contribution in [1.82, 2.24) is 5.32 Å². The van der Waals surface area contributed by atoms with Gasteiger partial charge >= 0.3 is 0 Å². The Hall–Kier alpha value is -2.75. The van der Waals surface area contributed by atoms with Crippen molar-refractivity contribution in [2.24, 2.45) is 0 Å². The number of aryl methyl sites for hydroxylation is 1. The third-order valence-corrected chi connectivity index (χ3v) is 3.78. The molecule has 4 heteroatoms. The van der Waals surface area contributed by atoms with E-state index in [0.717, 1.165) is 24.2 Å². The lowest BCUT2D eigenvalue weighted by molar-refractivity contribution is 0.0952. The first-order chi connectivity index (χ1) is 12.9. The van der Waals surface area contributed by atoms with Crippen LogP contribution in [0.25, 0.3) is 0 Å². The molecule has 0 fully saturated rings. The average molecular weight is 367 g/mol. The van der Waals surface area contributed by atoms with E-state index in [0.29, 0.717) is 24.5 Å². The molecule has 2 aromatic carbocycles. The summed E-state index contributed by atoms with van der Waals surface area (Å²) in [6.07, 6.45) is 1.91. The Bertz CT molecular complexity index is 768. The fourth-order valence-corrected chi connectivity index (χ4v) is 2.58. The molecule has 0 saturated carbocycles. The van der Waals surface area contributed by atoms with E-state index in [1.165, 1.54) is 5.56 Å². The second kappa shape index (κ2) is 10.4. The Kier molecular flexibility index (Phi) is 7.93. The molecule has 0 heterocycles. The quantitative estimate of drug-likeness (QED) is 0.485. The Morgan fingerprint density at radius 3 is 2.59 bits per heavy atom. The van der Waals surface area contributed by atoms with Crippen LogP contribution in [-0.2, 0) is 6.42 Å². The fraction of sp³-hybridized carbons (Fsp3) is 0.348. The number of hydrogen-bond donors (Lipinski definition) is 1. The number of carbonyl (C=O) groups is 1. The molecule has 0 atom stereocenters. The zero-order chi connectivity index (χ0) is 19.6. The van der Waals surface area contributed by atoms with E-state index in [9.17, 15) is 4.79 Å². The minimum absolute atomic E-state index is 0.0901. The molecule has 2 rings (SSSR count). The number of benzene rings is 2. The highest BCUT2D eigenvalue weighted by atomic mass is 16.5. The van der Waals surface area contributed by atoms with Gasteiger partial charge in [0, 0.05) is 12.1 Å². The van der Waals surface area contributed by atoms with Crippen molar-refractivity contribution in [3.05, 3.63) is 71.8 Å². The maximum atomic E-state index is 12.3. The van der Waals surface area contributed by atoms with E-state index in [4.69, 9.17) is 9.47 Å². The minimum Gasteiger partial charge on any atom is -0.491 e. The zero-order valence-electron chi connectivity index (χ0n) is 16.5. The van der Waals surface area contributed by atoms with Crippen molar-refractivity contribution >= 4 is 5.91 Å². The smallest absolute Gasteiger partial charge is 0.251 e. The van der Waals surface area contributed by atoms with Crippen LogP contribution in [0.4, 0.5) is 0 Å². The Morgan fingerprint density at radius 1 is 1.11 bits per heavy atom. The predicted molar refractivity (Wildman–Crippen MR) is 110 cm³/mol.